The number of hydrogen-bond acceptors (Lipinski definition) is 5. The Morgan fingerprint density at radius 3 is 2.74 bits per heavy atom. The second-order valence-corrected chi connectivity index (χ2v) is 10.3. The van der Waals surface area contributed by atoms with E-state index in [0.29, 0.717) is 0 Å². The summed E-state index contributed by atoms with van der Waals surface area (Å²) in [6, 6.07) is 10.6. The van der Waals surface area contributed by atoms with Gasteiger partial charge >= 0.3 is 0 Å². The molecule has 2 unspecified atom stereocenters. The third-order valence-corrected chi connectivity index (χ3v) is 7.78. The van der Waals surface area contributed by atoms with Crippen molar-refractivity contribution < 1.29 is 0 Å². The van der Waals surface area contributed by atoms with Crippen molar-refractivity contribution in [2.24, 2.45) is 5.92 Å². The van der Waals surface area contributed by atoms with E-state index in [4.69, 9.17) is 9.97 Å². The number of fused-ring (bicyclic) bond motifs is 3. The molecule has 3 heterocycles. The molecule has 1 aromatic carbocycles. The van der Waals surface area contributed by atoms with E-state index < -0.39 is 0 Å². The standard InChI is InChI=1S/C29H36N6/c1-3-34(16-13-22-19-30-28-24(22)12-9-21-17-25(21)28)29-32-26(31-23-10-7-20(2)8-11-23)18-27(33-29)35-14-5-4-6-15-35/h7-12,18-19,21,25,30H,3-6,13-17H2,1-2H3,(H,31,32,33). The Morgan fingerprint density at radius 2 is 1.94 bits per heavy atom. The number of hydrogen-bond donors (Lipinski definition) is 2. The molecule has 0 bridgehead atoms. The van der Waals surface area contributed by atoms with Crippen molar-refractivity contribution in [2.45, 2.75) is 51.9 Å². The van der Waals surface area contributed by atoms with Crippen LogP contribution in [0.15, 0.2) is 42.6 Å². The number of rotatable bonds is 8. The van der Waals surface area contributed by atoms with Crippen molar-refractivity contribution in [2.75, 3.05) is 41.3 Å². The Bertz CT molecular complexity index is 1200. The lowest BCUT2D eigenvalue weighted by molar-refractivity contribution is 0.572. The van der Waals surface area contributed by atoms with Gasteiger partial charge in [-0.1, -0.05) is 29.8 Å². The maximum absolute atomic E-state index is 5.07. The maximum Gasteiger partial charge on any atom is 0.229 e. The molecular formula is C29H36N6. The Hall–Kier alpha value is -3.28. The van der Waals surface area contributed by atoms with Crippen LogP contribution in [0.4, 0.5) is 23.3 Å². The molecule has 1 aliphatic heterocycles. The molecule has 3 aliphatic rings. The molecule has 0 amide bonds. The predicted octanol–water partition coefficient (Wildman–Crippen LogP) is 6.05. The van der Waals surface area contributed by atoms with Gasteiger partial charge in [-0.2, -0.15) is 9.97 Å². The normalized spacial score (nSPS) is 20.3. The van der Waals surface area contributed by atoms with Gasteiger partial charge in [-0.15, -0.1) is 0 Å². The van der Waals surface area contributed by atoms with Crippen LogP contribution in [-0.2, 0) is 6.42 Å². The summed E-state index contributed by atoms with van der Waals surface area (Å²) in [5, 5.41) is 3.53. The Morgan fingerprint density at radius 1 is 1.11 bits per heavy atom. The SMILES string of the molecule is CCN(CCc1c[nH]c2c1C=CC1CC21)c1nc(Nc2ccc(C)cc2)cc(N2CCCCC2)n1. The summed E-state index contributed by atoms with van der Waals surface area (Å²) in [7, 11) is 0. The van der Waals surface area contributed by atoms with Gasteiger partial charge in [0.15, 0.2) is 0 Å². The van der Waals surface area contributed by atoms with Crippen LogP contribution in [-0.4, -0.2) is 41.1 Å². The van der Waals surface area contributed by atoms with Crippen molar-refractivity contribution >= 4 is 29.3 Å². The highest BCUT2D eigenvalue weighted by Crippen LogP contribution is 2.52. The summed E-state index contributed by atoms with van der Waals surface area (Å²) in [6.45, 7) is 8.22. The maximum atomic E-state index is 5.07. The van der Waals surface area contributed by atoms with Gasteiger partial charge in [0.25, 0.3) is 0 Å². The summed E-state index contributed by atoms with van der Waals surface area (Å²) in [5.41, 5.74) is 6.58. The van der Waals surface area contributed by atoms with Crippen LogP contribution in [0.2, 0.25) is 0 Å². The highest BCUT2D eigenvalue weighted by atomic mass is 15.3. The summed E-state index contributed by atoms with van der Waals surface area (Å²) in [6.07, 6.45) is 13.0. The molecule has 6 nitrogen and oxygen atoms in total. The molecule has 2 fully saturated rings. The number of benzene rings is 1. The van der Waals surface area contributed by atoms with Crippen LogP contribution >= 0.6 is 0 Å². The van der Waals surface area contributed by atoms with Crippen LogP contribution in [0, 0.1) is 12.8 Å². The number of likely N-dealkylation sites (N-methyl/N-ethyl adjacent to an activating group) is 1. The van der Waals surface area contributed by atoms with Gasteiger partial charge in [-0.05, 0) is 75.1 Å². The molecule has 1 saturated carbocycles. The summed E-state index contributed by atoms with van der Waals surface area (Å²) >= 11 is 0. The Balaban J connectivity index is 1.25. The van der Waals surface area contributed by atoms with E-state index in [1.807, 2.05) is 0 Å². The Labute approximate surface area is 208 Å². The summed E-state index contributed by atoms with van der Waals surface area (Å²) in [5.74, 6) is 4.20. The molecule has 2 atom stereocenters. The first-order chi connectivity index (χ1) is 17.2. The van der Waals surface area contributed by atoms with Gasteiger partial charge < -0.3 is 20.1 Å². The first kappa shape index (κ1) is 22.2. The third-order valence-electron chi connectivity index (χ3n) is 7.78. The van der Waals surface area contributed by atoms with E-state index in [2.05, 4.69) is 82.6 Å². The molecule has 6 heteroatoms. The summed E-state index contributed by atoms with van der Waals surface area (Å²) in [4.78, 5) is 18.4. The van der Waals surface area contributed by atoms with E-state index >= 15 is 0 Å². The largest absolute Gasteiger partial charge is 0.364 e. The fourth-order valence-corrected chi connectivity index (χ4v) is 5.54. The number of allylic oxidation sites excluding steroid dienone is 1. The minimum absolute atomic E-state index is 0.728. The van der Waals surface area contributed by atoms with Gasteiger partial charge in [-0.25, -0.2) is 0 Å². The first-order valence-electron chi connectivity index (χ1n) is 13.3. The van der Waals surface area contributed by atoms with Crippen LogP contribution in [0.25, 0.3) is 6.08 Å². The quantitative estimate of drug-likeness (QED) is 0.422. The minimum Gasteiger partial charge on any atom is -0.364 e. The molecule has 3 aromatic rings. The fourth-order valence-electron chi connectivity index (χ4n) is 5.54. The molecular weight excluding hydrogens is 432 g/mol. The van der Waals surface area contributed by atoms with Crippen LogP contribution in [0.5, 0.6) is 0 Å². The fraction of sp³-hybridized carbons (Fsp3) is 0.448. The van der Waals surface area contributed by atoms with Crippen molar-refractivity contribution in [3.8, 4) is 0 Å². The molecule has 0 radical (unpaired) electrons. The highest BCUT2D eigenvalue weighted by molar-refractivity contribution is 5.64. The highest BCUT2D eigenvalue weighted by Gasteiger charge is 2.41. The number of nitrogens with zero attached hydrogens (tertiary/aromatic N) is 4. The molecule has 2 N–H and O–H groups in total. The lowest BCUT2D eigenvalue weighted by atomic mass is 10.0. The average molecular weight is 469 g/mol. The zero-order chi connectivity index (χ0) is 23.8. The molecule has 6 rings (SSSR count). The average Bonchev–Trinajstić information content (AvgIpc) is 3.58. The van der Waals surface area contributed by atoms with E-state index in [9.17, 15) is 0 Å². The second-order valence-electron chi connectivity index (χ2n) is 10.3. The van der Waals surface area contributed by atoms with E-state index in [0.717, 1.165) is 67.7 Å². The zero-order valence-corrected chi connectivity index (χ0v) is 20.9. The monoisotopic (exact) mass is 468 g/mol. The smallest absolute Gasteiger partial charge is 0.229 e. The van der Waals surface area contributed by atoms with Gasteiger partial charge in [0.1, 0.15) is 11.6 Å². The van der Waals surface area contributed by atoms with Crippen molar-refractivity contribution in [1.82, 2.24) is 15.0 Å². The zero-order valence-electron chi connectivity index (χ0n) is 20.9. The lowest BCUT2D eigenvalue weighted by Crippen LogP contribution is -2.32. The van der Waals surface area contributed by atoms with E-state index in [-0.39, 0.29) is 0 Å². The van der Waals surface area contributed by atoms with Crippen LogP contribution < -0.4 is 15.1 Å². The molecule has 2 aliphatic carbocycles. The van der Waals surface area contributed by atoms with Crippen LogP contribution in [0.1, 0.15) is 60.9 Å². The number of H-pyrrole nitrogens is 1. The third kappa shape index (κ3) is 4.66. The predicted molar refractivity (Wildman–Crippen MR) is 145 cm³/mol. The van der Waals surface area contributed by atoms with Gasteiger partial charge in [0.2, 0.25) is 5.95 Å². The minimum atomic E-state index is 0.728. The molecule has 182 valence electrons. The first-order valence-corrected chi connectivity index (χ1v) is 13.3. The van der Waals surface area contributed by atoms with Crippen molar-refractivity contribution in [3.63, 3.8) is 0 Å². The number of aromatic amines is 1. The topological polar surface area (TPSA) is 60.1 Å². The number of nitrogens with one attached hydrogen (secondary N) is 2. The number of aromatic nitrogens is 3. The number of anilines is 4. The molecule has 1 saturated heterocycles. The molecule has 0 spiro atoms. The Kier molecular flexibility index (Phi) is 5.96. The second kappa shape index (κ2) is 9.40. The van der Waals surface area contributed by atoms with Gasteiger partial charge in [0.05, 0.1) is 0 Å². The van der Waals surface area contributed by atoms with Gasteiger partial charge in [0, 0.05) is 55.7 Å². The van der Waals surface area contributed by atoms with Crippen molar-refractivity contribution in [3.05, 3.63) is 65.0 Å². The van der Waals surface area contributed by atoms with Crippen LogP contribution in [0.3, 0.4) is 0 Å². The van der Waals surface area contributed by atoms with E-state index in [1.54, 1.807) is 0 Å². The van der Waals surface area contributed by atoms with Gasteiger partial charge in [-0.3, -0.25) is 0 Å². The lowest BCUT2D eigenvalue weighted by Gasteiger charge is -2.29. The molecule has 35 heavy (non-hydrogen) atoms. The van der Waals surface area contributed by atoms with E-state index in [1.165, 1.54) is 48.1 Å². The van der Waals surface area contributed by atoms with Crippen molar-refractivity contribution in [1.29, 1.82) is 0 Å². The molecule has 2 aromatic heterocycles. The number of piperidine rings is 1. The summed E-state index contributed by atoms with van der Waals surface area (Å²) < 4.78 is 0. The number of aryl methyl sites for hydroxylation is 1.